The van der Waals surface area contributed by atoms with Crippen molar-refractivity contribution >= 4 is 11.9 Å². The van der Waals surface area contributed by atoms with Gasteiger partial charge in [0.15, 0.2) is 0 Å². The van der Waals surface area contributed by atoms with Crippen LogP contribution in [0.2, 0.25) is 0 Å². The molecular weight excluding hydrogens is 246 g/mol. The van der Waals surface area contributed by atoms with Crippen molar-refractivity contribution in [1.29, 1.82) is 0 Å². The number of rotatable bonds is 4. The maximum Gasteiger partial charge on any atom is 0.331 e. The fourth-order valence-electron chi connectivity index (χ4n) is 1.55. The molecule has 1 aromatic rings. The molecule has 1 rings (SSSR count). The summed E-state index contributed by atoms with van der Waals surface area (Å²) in [6.07, 6.45) is 0. The van der Waals surface area contributed by atoms with Crippen molar-refractivity contribution in [2.75, 3.05) is 7.05 Å². The van der Waals surface area contributed by atoms with E-state index in [1.54, 1.807) is 31.3 Å². The number of nitrogens with zero attached hydrogens (tertiary/aromatic N) is 1. The molecule has 5 nitrogen and oxygen atoms in total. The molecule has 19 heavy (non-hydrogen) atoms. The van der Waals surface area contributed by atoms with E-state index in [2.05, 4.69) is 0 Å². The van der Waals surface area contributed by atoms with Gasteiger partial charge in [0.25, 0.3) is 0 Å². The van der Waals surface area contributed by atoms with E-state index in [-0.39, 0.29) is 22.8 Å². The average molecular weight is 263 g/mol. The van der Waals surface area contributed by atoms with Gasteiger partial charge in [-0.2, -0.15) is 0 Å². The van der Waals surface area contributed by atoms with E-state index in [1.165, 1.54) is 18.7 Å². The summed E-state index contributed by atoms with van der Waals surface area (Å²) in [6.45, 7) is 3.26. The number of aromatic hydroxyl groups is 1. The summed E-state index contributed by atoms with van der Waals surface area (Å²) in [5, 5.41) is 18.0. The number of carboxylic acids is 1. The van der Waals surface area contributed by atoms with Crippen molar-refractivity contribution in [1.82, 2.24) is 4.90 Å². The zero-order valence-corrected chi connectivity index (χ0v) is 11.2. The zero-order chi connectivity index (χ0) is 14.6. The summed E-state index contributed by atoms with van der Waals surface area (Å²) in [7, 11) is 1.60. The number of hydrogen-bond acceptors (Lipinski definition) is 3. The Morgan fingerprint density at radius 1 is 1.11 bits per heavy atom. The first-order valence-electron chi connectivity index (χ1n) is 5.77. The predicted octanol–water partition coefficient (Wildman–Crippen LogP) is 1.77. The minimum absolute atomic E-state index is 0.0440. The summed E-state index contributed by atoms with van der Waals surface area (Å²) in [5.74, 6) is -1.26. The van der Waals surface area contributed by atoms with Gasteiger partial charge in [-0.25, -0.2) is 4.79 Å². The van der Waals surface area contributed by atoms with E-state index in [1.807, 2.05) is 0 Å². The lowest BCUT2D eigenvalue weighted by Crippen LogP contribution is -2.28. The molecule has 1 amide bonds. The summed E-state index contributed by atoms with van der Waals surface area (Å²) < 4.78 is 0. The van der Waals surface area contributed by atoms with Crippen molar-refractivity contribution in [3.05, 3.63) is 41.0 Å². The second-order valence-electron chi connectivity index (χ2n) is 4.38. The third-order valence-electron chi connectivity index (χ3n) is 2.91. The van der Waals surface area contributed by atoms with Crippen LogP contribution in [0, 0.1) is 0 Å². The monoisotopic (exact) mass is 263 g/mol. The fraction of sp³-hybridized carbons (Fsp3) is 0.286. The Bertz CT molecular complexity index is 517. The maximum atomic E-state index is 12.0. The fourth-order valence-corrected chi connectivity index (χ4v) is 1.55. The second kappa shape index (κ2) is 6.04. The van der Waals surface area contributed by atoms with Gasteiger partial charge < -0.3 is 15.1 Å². The third kappa shape index (κ3) is 3.84. The van der Waals surface area contributed by atoms with Crippen LogP contribution in [0.4, 0.5) is 0 Å². The van der Waals surface area contributed by atoms with Crippen LogP contribution in [0.1, 0.15) is 19.4 Å². The molecule has 0 unspecified atom stereocenters. The van der Waals surface area contributed by atoms with Crippen LogP contribution in [0.15, 0.2) is 35.4 Å². The van der Waals surface area contributed by atoms with Gasteiger partial charge in [-0.1, -0.05) is 12.1 Å². The number of likely N-dealkylation sites (N-methyl/N-ethyl adjacent to an activating group) is 1. The van der Waals surface area contributed by atoms with E-state index in [0.717, 1.165) is 5.56 Å². The van der Waals surface area contributed by atoms with Crippen molar-refractivity contribution in [3.8, 4) is 5.75 Å². The van der Waals surface area contributed by atoms with Crippen LogP contribution in [0.5, 0.6) is 5.75 Å². The lowest BCUT2D eigenvalue weighted by Gasteiger charge is -2.18. The number of carbonyl (C=O) groups is 2. The molecule has 0 spiro atoms. The van der Waals surface area contributed by atoms with Gasteiger partial charge in [0, 0.05) is 24.7 Å². The lowest BCUT2D eigenvalue weighted by atomic mass is 10.1. The molecule has 1 aromatic carbocycles. The molecule has 5 heteroatoms. The first-order valence-corrected chi connectivity index (χ1v) is 5.77. The Morgan fingerprint density at radius 3 is 2.11 bits per heavy atom. The standard InChI is InChI=1S/C14H17NO4/c1-9(10(2)14(18)19)13(17)15(3)8-11-4-6-12(16)7-5-11/h4-7,16H,8H2,1-3H3,(H,18,19). The van der Waals surface area contributed by atoms with Gasteiger partial charge in [0.1, 0.15) is 5.75 Å². The Morgan fingerprint density at radius 2 is 1.63 bits per heavy atom. The second-order valence-corrected chi connectivity index (χ2v) is 4.38. The third-order valence-corrected chi connectivity index (χ3v) is 2.91. The van der Waals surface area contributed by atoms with Gasteiger partial charge in [-0.05, 0) is 31.5 Å². The number of aliphatic carboxylic acids is 1. The molecular formula is C14H17NO4. The quantitative estimate of drug-likeness (QED) is 0.811. The molecule has 2 N–H and O–H groups in total. The number of benzene rings is 1. The van der Waals surface area contributed by atoms with Crippen molar-refractivity contribution in [2.24, 2.45) is 0 Å². The number of carbonyl (C=O) groups excluding carboxylic acids is 1. The molecule has 0 atom stereocenters. The smallest absolute Gasteiger partial charge is 0.331 e. The number of carboxylic acid groups (broad SMARTS) is 1. The maximum absolute atomic E-state index is 12.0. The first kappa shape index (κ1) is 14.8. The van der Waals surface area contributed by atoms with Gasteiger partial charge in [-0.15, -0.1) is 0 Å². The first-order chi connectivity index (χ1) is 8.82. The lowest BCUT2D eigenvalue weighted by molar-refractivity contribution is -0.133. The van der Waals surface area contributed by atoms with E-state index in [0.29, 0.717) is 6.54 Å². The van der Waals surface area contributed by atoms with E-state index >= 15 is 0 Å². The highest BCUT2D eigenvalue weighted by atomic mass is 16.4. The SMILES string of the molecule is CC(C(=O)O)=C(C)C(=O)N(C)Cc1ccc(O)cc1. The number of phenols is 1. The van der Waals surface area contributed by atoms with E-state index < -0.39 is 5.97 Å². The summed E-state index contributed by atoms with van der Waals surface area (Å²) in [4.78, 5) is 24.3. The van der Waals surface area contributed by atoms with Crippen molar-refractivity contribution < 1.29 is 19.8 Å². The summed E-state index contributed by atoms with van der Waals surface area (Å²) >= 11 is 0. The van der Waals surface area contributed by atoms with Crippen LogP contribution in [-0.2, 0) is 16.1 Å². The molecule has 0 aliphatic rings. The molecule has 0 aliphatic carbocycles. The molecule has 0 radical (unpaired) electrons. The highest BCUT2D eigenvalue weighted by Crippen LogP contribution is 2.13. The number of phenolic OH excluding ortho intramolecular Hbond substituents is 1. The molecule has 0 aliphatic heterocycles. The molecule has 0 saturated heterocycles. The molecule has 0 fully saturated rings. The van der Waals surface area contributed by atoms with Crippen LogP contribution in [-0.4, -0.2) is 34.0 Å². The highest BCUT2D eigenvalue weighted by Gasteiger charge is 2.16. The minimum atomic E-state index is -1.09. The molecule has 0 heterocycles. The van der Waals surface area contributed by atoms with Gasteiger partial charge in [0.2, 0.25) is 5.91 Å². The summed E-state index contributed by atoms with van der Waals surface area (Å²) in [5.41, 5.74) is 1.12. The van der Waals surface area contributed by atoms with E-state index in [4.69, 9.17) is 10.2 Å². The Balaban J connectivity index is 2.81. The van der Waals surface area contributed by atoms with Crippen molar-refractivity contribution in [3.63, 3.8) is 0 Å². The minimum Gasteiger partial charge on any atom is -0.508 e. The molecule has 0 bridgehead atoms. The predicted molar refractivity (Wildman–Crippen MR) is 70.6 cm³/mol. The topological polar surface area (TPSA) is 77.8 Å². The number of amides is 1. The van der Waals surface area contributed by atoms with E-state index in [9.17, 15) is 9.59 Å². The Kier molecular flexibility index (Phi) is 4.69. The van der Waals surface area contributed by atoms with Gasteiger partial charge in [-0.3, -0.25) is 4.79 Å². The average Bonchev–Trinajstić information content (AvgIpc) is 2.38. The molecule has 102 valence electrons. The van der Waals surface area contributed by atoms with Gasteiger partial charge >= 0.3 is 5.97 Å². The van der Waals surface area contributed by atoms with Crippen LogP contribution >= 0.6 is 0 Å². The zero-order valence-electron chi connectivity index (χ0n) is 11.2. The molecule has 0 aromatic heterocycles. The van der Waals surface area contributed by atoms with Crippen molar-refractivity contribution in [2.45, 2.75) is 20.4 Å². The van der Waals surface area contributed by atoms with Gasteiger partial charge in [0.05, 0.1) is 0 Å². The van der Waals surface area contributed by atoms with Crippen LogP contribution in [0.25, 0.3) is 0 Å². The van der Waals surface area contributed by atoms with Crippen LogP contribution < -0.4 is 0 Å². The Hall–Kier alpha value is -2.30. The normalized spacial score (nSPS) is 11.7. The largest absolute Gasteiger partial charge is 0.508 e. The Labute approximate surface area is 111 Å². The summed E-state index contributed by atoms with van der Waals surface area (Å²) in [6, 6.07) is 6.50. The van der Waals surface area contributed by atoms with Crippen LogP contribution in [0.3, 0.4) is 0 Å². The molecule has 0 saturated carbocycles. The number of hydrogen-bond donors (Lipinski definition) is 2. The highest BCUT2D eigenvalue weighted by molar-refractivity contribution is 6.01.